The normalized spacial score (nSPS) is 16.4. The second kappa shape index (κ2) is 2.75. The molecular weight excluding hydrogens is 118 g/mol. The van der Waals surface area contributed by atoms with Gasteiger partial charge in [-0.1, -0.05) is 24.4 Å². The van der Waals surface area contributed by atoms with E-state index in [1.54, 1.807) is 18.0 Å². The van der Waals surface area contributed by atoms with Gasteiger partial charge in [0.15, 0.2) is 0 Å². The molecule has 0 spiro atoms. The average Bonchev–Trinajstić information content (AvgIpc) is 1.90. The molecule has 0 atom stereocenters. The Labute approximate surface area is 53.2 Å². The van der Waals surface area contributed by atoms with Crippen molar-refractivity contribution in [1.82, 2.24) is 0 Å². The molecule has 0 amide bonds. The van der Waals surface area contributed by atoms with E-state index in [-0.39, 0.29) is 0 Å². The van der Waals surface area contributed by atoms with Gasteiger partial charge in [0.05, 0.1) is 11.2 Å². The van der Waals surface area contributed by atoms with E-state index in [0.717, 1.165) is 6.42 Å². The summed E-state index contributed by atoms with van der Waals surface area (Å²) in [5.41, 5.74) is 2.87. The molecule has 0 bridgehead atoms. The molecule has 42 valence electrons. The number of hydrogen-bond acceptors (Lipinski definition) is 2. The van der Waals surface area contributed by atoms with E-state index in [2.05, 4.69) is 17.6 Å². The van der Waals surface area contributed by atoms with Gasteiger partial charge in [0.2, 0.25) is 0 Å². The van der Waals surface area contributed by atoms with Crippen molar-refractivity contribution in [3.05, 3.63) is 17.3 Å². The second-order valence-corrected chi connectivity index (χ2v) is 2.35. The van der Waals surface area contributed by atoms with E-state index < -0.39 is 0 Å². The van der Waals surface area contributed by atoms with Gasteiger partial charge in [-0.3, -0.25) is 0 Å². The van der Waals surface area contributed by atoms with Crippen LogP contribution in [-0.4, -0.2) is 5.04 Å². The van der Waals surface area contributed by atoms with Gasteiger partial charge in [-0.15, -0.1) is 0 Å². The molecule has 1 heterocycles. The third-order valence-corrected chi connectivity index (χ3v) is 1.77. The summed E-state index contributed by atoms with van der Waals surface area (Å²) < 4.78 is 0. The van der Waals surface area contributed by atoms with Gasteiger partial charge in [-0.05, 0) is 6.42 Å². The average molecular weight is 125 g/mol. The quantitative estimate of drug-likeness (QED) is 0.489. The van der Waals surface area contributed by atoms with Crippen LogP contribution in [0.3, 0.4) is 0 Å². The minimum absolute atomic E-state index is 1.03. The fraction of sp³-hybridized carbons (Fsp3) is 0.333. The predicted molar refractivity (Wildman–Crippen MR) is 38.0 cm³/mol. The molecule has 1 nitrogen and oxygen atoms in total. The molecule has 1 aliphatic heterocycles. The molecular formula is C6H7NS. The Morgan fingerprint density at radius 2 is 2.75 bits per heavy atom. The van der Waals surface area contributed by atoms with Gasteiger partial charge < -0.3 is 0 Å². The van der Waals surface area contributed by atoms with Crippen molar-refractivity contribution in [2.75, 3.05) is 0 Å². The van der Waals surface area contributed by atoms with Gasteiger partial charge in [0, 0.05) is 5.41 Å². The van der Waals surface area contributed by atoms with Crippen LogP contribution in [0.2, 0.25) is 0 Å². The molecule has 0 aromatic heterocycles. The Hall–Kier alpha value is -0.460. The molecule has 0 saturated heterocycles. The van der Waals surface area contributed by atoms with Gasteiger partial charge in [-0.25, -0.2) is 4.99 Å². The minimum Gasteiger partial charge on any atom is -0.246 e. The molecule has 0 aromatic carbocycles. The van der Waals surface area contributed by atoms with E-state index in [0.29, 0.717) is 0 Å². The standard InChI is InChI=1S/C6H7NS/c1-2-6-7-4-3-5-8-6/h4-5H,2H2,1H3. The maximum Gasteiger partial charge on any atom is 0.0783 e. The Bertz CT molecular complexity index is 163. The number of aliphatic imine (C=N–C) groups is 1. The Morgan fingerprint density at radius 3 is 3.12 bits per heavy atom. The molecule has 0 unspecified atom stereocenters. The summed E-state index contributed by atoms with van der Waals surface area (Å²) in [6.07, 6.45) is 2.73. The lowest BCUT2D eigenvalue weighted by Gasteiger charge is -1.95. The molecule has 8 heavy (non-hydrogen) atoms. The van der Waals surface area contributed by atoms with Crippen molar-refractivity contribution >= 4 is 16.8 Å². The third-order valence-electron chi connectivity index (χ3n) is 0.849. The summed E-state index contributed by atoms with van der Waals surface area (Å²) in [5, 5.41) is 3.09. The zero-order valence-corrected chi connectivity index (χ0v) is 5.53. The van der Waals surface area contributed by atoms with Crippen LogP contribution in [0.4, 0.5) is 0 Å². The second-order valence-electron chi connectivity index (χ2n) is 1.41. The van der Waals surface area contributed by atoms with Crippen LogP contribution < -0.4 is 0 Å². The van der Waals surface area contributed by atoms with Crippen molar-refractivity contribution in [1.29, 1.82) is 0 Å². The van der Waals surface area contributed by atoms with Gasteiger partial charge in [0.25, 0.3) is 0 Å². The summed E-state index contributed by atoms with van der Waals surface area (Å²) in [5.74, 6) is 0. The lowest BCUT2D eigenvalue weighted by atomic mass is 10.5. The molecule has 0 fully saturated rings. The first-order valence-electron chi connectivity index (χ1n) is 2.56. The van der Waals surface area contributed by atoms with Crippen molar-refractivity contribution < 1.29 is 0 Å². The van der Waals surface area contributed by atoms with Crippen LogP contribution in [0.25, 0.3) is 0 Å². The lowest BCUT2D eigenvalue weighted by Crippen LogP contribution is -1.85. The van der Waals surface area contributed by atoms with Crippen LogP contribution in [0.5, 0.6) is 0 Å². The van der Waals surface area contributed by atoms with E-state index in [4.69, 9.17) is 0 Å². The number of rotatable bonds is 1. The predicted octanol–water partition coefficient (Wildman–Crippen LogP) is 2.17. The summed E-state index contributed by atoms with van der Waals surface area (Å²) in [4.78, 5) is 4.06. The first-order valence-corrected chi connectivity index (χ1v) is 3.44. The van der Waals surface area contributed by atoms with Crippen LogP contribution in [0.15, 0.2) is 22.3 Å². The lowest BCUT2D eigenvalue weighted by molar-refractivity contribution is 1.30. The number of thioether (sulfide) groups is 1. The minimum atomic E-state index is 1.03. The SMILES string of the molecule is CCC1=NC=C=CS1. The largest absolute Gasteiger partial charge is 0.246 e. The van der Waals surface area contributed by atoms with Gasteiger partial charge in [-0.2, -0.15) is 0 Å². The van der Waals surface area contributed by atoms with Crippen molar-refractivity contribution in [2.45, 2.75) is 13.3 Å². The maximum atomic E-state index is 4.06. The number of nitrogens with zero attached hydrogens (tertiary/aromatic N) is 1. The van der Waals surface area contributed by atoms with E-state index in [1.807, 2.05) is 5.41 Å². The van der Waals surface area contributed by atoms with E-state index in [1.165, 1.54) is 5.04 Å². The summed E-state index contributed by atoms with van der Waals surface area (Å²) in [6.45, 7) is 2.10. The topological polar surface area (TPSA) is 12.4 Å². The molecule has 0 aliphatic carbocycles. The van der Waals surface area contributed by atoms with Crippen LogP contribution >= 0.6 is 11.8 Å². The molecule has 0 N–H and O–H groups in total. The van der Waals surface area contributed by atoms with E-state index >= 15 is 0 Å². The highest BCUT2D eigenvalue weighted by molar-refractivity contribution is 8.16. The molecule has 0 saturated carbocycles. The highest BCUT2D eigenvalue weighted by Crippen LogP contribution is 2.11. The molecule has 1 rings (SSSR count). The third kappa shape index (κ3) is 1.25. The monoisotopic (exact) mass is 125 g/mol. The smallest absolute Gasteiger partial charge is 0.0783 e. The molecule has 0 aromatic rings. The molecule has 1 aliphatic rings. The summed E-state index contributed by atoms with van der Waals surface area (Å²) in [6, 6.07) is 0. The Morgan fingerprint density at radius 1 is 1.88 bits per heavy atom. The molecule has 0 radical (unpaired) electrons. The maximum absolute atomic E-state index is 4.06. The summed E-state index contributed by atoms with van der Waals surface area (Å²) in [7, 11) is 0. The van der Waals surface area contributed by atoms with Gasteiger partial charge in [0.1, 0.15) is 0 Å². The fourth-order valence-electron chi connectivity index (χ4n) is 0.447. The molecule has 2 heteroatoms. The number of hydrogen-bond donors (Lipinski definition) is 0. The first-order chi connectivity index (χ1) is 3.93. The highest BCUT2D eigenvalue weighted by Gasteiger charge is 1.92. The fourth-order valence-corrected chi connectivity index (χ4v) is 0.992. The Kier molecular flexibility index (Phi) is 1.95. The zero-order valence-electron chi connectivity index (χ0n) is 4.72. The van der Waals surface area contributed by atoms with Crippen molar-refractivity contribution in [3.63, 3.8) is 0 Å². The first kappa shape index (κ1) is 5.67. The summed E-state index contributed by atoms with van der Waals surface area (Å²) >= 11 is 1.65. The van der Waals surface area contributed by atoms with Crippen LogP contribution in [-0.2, 0) is 0 Å². The highest BCUT2D eigenvalue weighted by atomic mass is 32.2. The van der Waals surface area contributed by atoms with Crippen molar-refractivity contribution in [2.24, 2.45) is 4.99 Å². The zero-order chi connectivity index (χ0) is 5.82. The van der Waals surface area contributed by atoms with Crippen molar-refractivity contribution in [3.8, 4) is 0 Å². The van der Waals surface area contributed by atoms with Crippen LogP contribution in [0, 0.1) is 0 Å². The Balaban J connectivity index is 2.63. The van der Waals surface area contributed by atoms with Gasteiger partial charge >= 0.3 is 0 Å². The van der Waals surface area contributed by atoms with Crippen LogP contribution in [0.1, 0.15) is 13.3 Å². The van der Waals surface area contributed by atoms with E-state index in [9.17, 15) is 0 Å².